The molecule has 0 bridgehead atoms. The van der Waals surface area contributed by atoms with Crippen molar-refractivity contribution in [1.82, 2.24) is 25.8 Å². The molecule has 0 saturated carbocycles. The number of amidine groups is 1. The molecule has 30 heavy (non-hydrogen) atoms. The maximum atomic E-state index is 14.6. The monoisotopic (exact) mass is 416 g/mol. The number of fused-ring (bicyclic) bond motifs is 1. The van der Waals surface area contributed by atoms with E-state index in [1.807, 2.05) is 20.8 Å². The maximum Gasteiger partial charge on any atom is 0.251 e. The molecule has 4 N–H and O–H groups in total. The molecule has 0 amide bonds. The van der Waals surface area contributed by atoms with Crippen LogP contribution in [-0.2, 0) is 6.42 Å². The SMILES string of the molecule is CC(C)(C)C(Cc1cc(O)no1)NC1=NC(c2c[nH]c3ncc(F)cc23)NC=C1F. The summed E-state index contributed by atoms with van der Waals surface area (Å²) in [6.07, 6.45) is 3.77. The number of pyridine rings is 1. The Bertz CT molecular complexity index is 1130. The number of hydrogen-bond acceptors (Lipinski definition) is 7. The first-order valence-electron chi connectivity index (χ1n) is 9.44. The van der Waals surface area contributed by atoms with Crippen molar-refractivity contribution in [3.8, 4) is 5.88 Å². The van der Waals surface area contributed by atoms with Gasteiger partial charge in [-0.1, -0.05) is 20.8 Å². The highest BCUT2D eigenvalue weighted by molar-refractivity contribution is 5.97. The molecule has 10 heteroatoms. The third kappa shape index (κ3) is 3.98. The average molecular weight is 416 g/mol. The minimum absolute atomic E-state index is 0.0705. The van der Waals surface area contributed by atoms with Gasteiger partial charge in [-0.15, -0.1) is 0 Å². The third-order valence-electron chi connectivity index (χ3n) is 4.98. The molecule has 2 unspecified atom stereocenters. The van der Waals surface area contributed by atoms with E-state index in [2.05, 4.69) is 30.8 Å². The Morgan fingerprint density at radius 2 is 2.10 bits per heavy atom. The summed E-state index contributed by atoms with van der Waals surface area (Å²) in [6.45, 7) is 5.99. The molecule has 2 atom stereocenters. The Hall–Kier alpha value is -3.43. The molecule has 3 aromatic rings. The number of halogens is 2. The van der Waals surface area contributed by atoms with Gasteiger partial charge in [-0.05, 0) is 16.6 Å². The van der Waals surface area contributed by atoms with Crippen molar-refractivity contribution in [3.05, 3.63) is 53.7 Å². The van der Waals surface area contributed by atoms with Gasteiger partial charge in [0.15, 0.2) is 11.7 Å². The molecule has 0 aliphatic carbocycles. The van der Waals surface area contributed by atoms with Gasteiger partial charge in [0.05, 0.1) is 6.20 Å². The van der Waals surface area contributed by atoms with E-state index in [0.29, 0.717) is 28.8 Å². The Balaban J connectivity index is 1.62. The van der Waals surface area contributed by atoms with Crippen LogP contribution in [0.5, 0.6) is 5.88 Å². The minimum Gasteiger partial charge on any atom is -0.491 e. The molecule has 158 valence electrons. The van der Waals surface area contributed by atoms with Crippen molar-refractivity contribution < 1.29 is 18.4 Å². The van der Waals surface area contributed by atoms with E-state index in [9.17, 15) is 13.9 Å². The van der Waals surface area contributed by atoms with Crippen molar-refractivity contribution in [2.24, 2.45) is 10.4 Å². The van der Waals surface area contributed by atoms with Crippen molar-refractivity contribution >= 4 is 16.9 Å². The summed E-state index contributed by atoms with van der Waals surface area (Å²) in [4.78, 5) is 11.5. The van der Waals surface area contributed by atoms with Crippen LogP contribution in [0.15, 0.2) is 46.1 Å². The second-order valence-corrected chi connectivity index (χ2v) is 8.25. The van der Waals surface area contributed by atoms with Crippen LogP contribution in [0.4, 0.5) is 8.78 Å². The number of aliphatic imine (C=N–C) groups is 1. The number of nitrogens with zero attached hydrogens (tertiary/aromatic N) is 3. The lowest BCUT2D eigenvalue weighted by Gasteiger charge is -2.33. The van der Waals surface area contributed by atoms with Gasteiger partial charge in [0.25, 0.3) is 5.88 Å². The minimum atomic E-state index is -0.626. The lowest BCUT2D eigenvalue weighted by atomic mass is 9.84. The molecule has 0 radical (unpaired) electrons. The highest BCUT2D eigenvalue weighted by Gasteiger charge is 2.30. The van der Waals surface area contributed by atoms with E-state index in [1.54, 1.807) is 6.20 Å². The molecule has 8 nitrogen and oxygen atoms in total. The van der Waals surface area contributed by atoms with Crippen LogP contribution in [0.1, 0.15) is 38.3 Å². The van der Waals surface area contributed by atoms with Crippen molar-refractivity contribution in [1.29, 1.82) is 0 Å². The second kappa shape index (κ2) is 7.43. The van der Waals surface area contributed by atoms with Crippen LogP contribution >= 0.6 is 0 Å². The number of nitrogens with one attached hydrogen (secondary N) is 3. The van der Waals surface area contributed by atoms with E-state index in [1.165, 1.54) is 18.3 Å². The summed E-state index contributed by atoms with van der Waals surface area (Å²) in [6, 6.07) is 2.51. The van der Waals surface area contributed by atoms with E-state index in [4.69, 9.17) is 4.52 Å². The highest BCUT2D eigenvalue weighted by atomic mass is 19.1. The van der Waals surface area contributed by atoms with E-state index in [-0.39, 0.29) is 23.2 Å². The van der Waals surface area contributed by atoms with Crippen LogP contribution in [0.3, 0.4) is 0 Å². The summed E-state index contributed by atoms with van der Waals surface area (Å²) in [7, 11) is 0. The predicted molar refractivity (Wildman–Crippen MR) is 107 cm³/mol. The molecule has 0 fully saturated rings. The zero-order valence-electron chi connectivity index (χ0n) is 16.7. The normalized spacial score (nSPS) is 18.0. The maximum absolute atomic E-state index is 14.6. The summed E-state index contributed by atoms with van der Waals surface area (Å²) < 4.78 is 33.3. The van der Waals surface area contributed by atoms with Gasteiger partial charge in [-0.3, -0.25) is 0 Å². The standard InChI is InChI=1S/C20H22F2N6O2/c1-20(2,3)15(5-11-6-16(29)28-30-11)26-19-14(22)9-25-18(27-19)13-8-24-17-12(13)4-10(21)7-23-17/h4,6-9,15,18,25H,5H2,1-3H3,(H,23,24)(H,26,27)(H,28,29). The molecular weight excluding hydrogens is 394 g/mol. The largest absolute Gasteiger partial charge is 0.491 e. The number of aromatic hydroxyl groups is 1. The summed E-state index contributed by atoms with van der Waals surface area (Å²) in [5, 5.41) is 19.5. The summed E-state index contributed by atoms with van der Waals surface area (Å²) in [5.41, 5.74) is 0.873. The Labute approximate surface area is 171 Å². The average Bonchev–Trinajstić information content (AvgIpc) is 3.27. The van der Waals surface area contributed by atoms with Gasteiger partial charge in [-0.2, -0.15) is 0 Å². The Morgan fingerprint density at radius 1 is 1.30 bits per heavy atom. The molecular formula is C20H22F2N6O2. The lowest BCUT2D eigenvalue weighted by Crippen LogP contribution is -2.46. The summed E-state index contributed by atoms with van der Waals surface area (Å²) in [5.74, 6) is -0.686. The number of aromatic nitrogens is 3. The van der Waals surface area contributed by atoms with E-state index >= 15 is 0 Å². The second-order valence-electron chi connectivity index (χ2n) is 8.25. The van der Waals surface area contributed by atoms with Gasteiger partial charge in [0.2, 0.25) is 0 Å². The Kier molecular flexibility index (Phi) is 4.92. The van der Waals surface area contributed by atoms with Crippen LogP contribution in [0, 0.1) is 11.2 Å². The molecule has 4 rings (SSSR count). The third-order valence-corrected chi connectivity index (χ3v) is 4.98. The number of H-pyrrole nitrogens is 1. The fraction of sp³-hybridized carbons (Fsp3) is 0.350. The molecule has 0 spiro atoms. The predicted octanol–water partition coefficient (Wildman–Crippen LogP) is 3.45. The number of rotatable bonds is 4. The van der Waals surface area contributed by atoms with Gasteiger partial charge < -0.3 is 25.2 Å². The van der Waals surface area contributed by atoms with Crippen LogP contribution < -0.4 is 10.6 Å². The van der Waals surface area contributed by atoms with E-state index in [0.717, 1.165) is 6.20 Å². The van der Waals surface area contributed by atoms with Crippen molar-refractivity contribution in [2.75, 3.05) is 0 Å². The molecule has 4 heterocycles. The fourth-order valence-electron chi connectivity index (χ4n) is 3.28. The zero-order chi connectivity index (χ0) is 21.5. The van der Waals surface area contributed by atoms with Crippen LogP contribution in [0.25, 0.3) is 11.0 Å². The van der Waals surface area contributed by atoms with Gasteiger partial charge in [0, 0.05) is 41.9 Å². The smallest absolute Gasteiger partial charge is 0.251 e. The zero-order valence-corrected chi connectivity index (χ0v) is 16.7. The van der Waals surface area contributed by atoms with Gasteiger partial charge in [-0.25, -0.2) is 18.8 Å². The Morgan fingerprint density at radius 3 is 2.80 bits per heavy atom. The summed E-state index contributed by atoms with van der Waals surface area (Å²) >= 11 is 0. The molecule has 1 aliphatic heterocycles. The quantitative estimate of drug-likeness (QED) is 0.518. The number of hydrogen-bond donors (Lipinski definition) is 4. The van der Waals surface area contributed by atoms with Crippen LogP contribution in [0.2, 0.25) is 0 Å². The van der Waals surface area contributed by atoms with Crippen LogP contribution in [-0.4, -0.2) is 32.1 Å². The number of aromatic amines is 1. The lowest BCUT2D eigenvalue weighted by molar-refractivity contribution is 0.266. The van der Waals surface area contributed by atoms with Crippen molar-refractivity contribution in [2.45, 2.75) is 39.4 Å². The molecule has 1 aliphatic rings. The topological polar surface area (TPSA) is 111 Å². The molecule has 0 aromatic carbocycles. The highest BCUT2D eigenvalue weighted by Crippen LogP contribution is 2.29. The first-order chi connectivity index (χ1) is 14.2. The molecule has 3 aromatic heterocycles. The van der Waals surface area contributed by atoms with Crippen molar-refractivity contribution in [3.63, 3.8) is 0 Å². The van der Waals surface area contributed by atoms with Gasteiger partial charge in [0.1, 0.15) is 23.4 Å². The van der Waals surface area contributed by atoms with Gasteiger partial charge >= 0.3 is 0 Å². The van der Waals surface area contributed by atoms with E-state index < -0.39 is 17.8 Å². The first-order valence-corrected chi connectivity index (χ1v) is 9.44. The fourth-order valence-corrected chi connectivity index (χ4v) is 3.28. The first kappa shape index (κ1) is 19.9. The molecule has 0 saturated heterocycles.